The Bertz CT molecular complexity index is 696. The minimum atomic E-state index is -0.0492. The van der Waals surface area contributed by atoms with Gasteiger partial charge in [0.1, 0.15) is 0 Å². The van der Waals surface area contributed by atoms with Crippen LogP contribution in [0.1, 0.15) is 6.42 Å². The van der Waals surface area contributed by atoms with Gasteiger partial charge in [0.05, 0.1) is 24.4 Å². The van der Waals surface area contributed by atoms with Crippen LogP contribution in [0.4, 0.5) is 22.9 Å². The second kappa shape index (κ2) is 7.27. The molecule has 126 valence electrons. The number of carbonyl (C=O) groups is 1. The average molecular weight is 327 g/mol. The van der Waals surface area contributed by atoms with Gasteiger partial charge >= 0.3 is 0 Å². The number of anilines is 4. The van der Waals surface area contributed by atoms with Gasteiger partial charge in [-0.3, -0.25) is 4.79 Å². The van der Waals surface area contributed by atoms with Crippen LogP contribution in [0.3, 0.4) is 0 Å². The summed E-state index contributed by atoms with van der Waals surface area (Å²) in [5, 5.41) is 14.2. The van der Waals surface area contributed by atoms with Crippen LogP contribution < -0.4 is 15.5 Å². The molecule has 0 spiro atoms. The quantitative estimate of drug-likeness (QED) is 0.877. The molecule has 1 atom stereocenters. The lowest BCUT2D eigenvalue weighted by Crippen LogP contribution is -2.22. The zero-order chi connectivity index (χ0) is 16.9. The Hall–Kier alpha value is -2.67. The van der Waals surface area contributed by atoms with Gasteiger partial charge in [-0.25, -0.2) is 0 Å². The lowest BCUT2D eigenvalue weighted by Gasteiger charge is -2.13. The normalized spacial score (nSPS) is 16.7. The number of nitrogens with one attached hydrogen (secondary N) is 2. The summed E-state index contributed by atoms with van der Waals surface area (Å²) in [6.45, 7) is 1.17. The molecular weight excluding hydrogens is 306 g/mol. The first-order valence-corrected chi connectivity index (χ1v) is 7.87. The molecule has 0 bridgehead atoms. The van der Waals surface area contributed by atoms with Gasteiger partial charge in [-0.15, -0.1) is 5.10 Å². The molecule has 3 rings (SSSR count). The SMILES string of the molecule is CN(C)c1cnnc(Nc2ccc(NC(=O)C3CCOC3)cc2)c1. The van der Waals surface area contributed by atoms with Gasteiger partial charge in [-0.1, -0.05) is 0 Å². The van der Waals surface area contributed by atoms with Gasteiger partial charge in [0.2, 0.25) is 5.91 Å². The van der Waals surface area contributed by atoms with Crippen molar-refractivity contribution in [1.29, 1.82) is 0 Å². The van der Waals surface area contributed by atoms with E-state index >= 15 is 0 Å². The van der Waals surface area contributed by atoms with Crippen molar-refractivity contribution >= 4 is 28.8 Å². The van der Waals surface area contributed by atoms with E-state index in [1.54, 1.807) is 6.20 Å². The van der Waals surface area contributed by atoms with Crippen molar-refractivity contribution in [2.45, 2.75) is 6.42 Å². The summed E-state index contributed by atoms with van der Waals surface area (Å²) in [5.74, 6) is 0.630. The highest BCUT2D eigenvalue weighted by Gasteiger charge is 2.23. The molecule has 2 N–H and O–H groups in total. The smallest absolute Gasteiger partial charge is 0.229 e. The number of rotatable bonds is 5. The maximum absolute atomic E-state index is 12.1. The Labute approximate surface area is 141 Å². The summed E-state index contributed by atoms with van der Waals surface area (Å²) in [6.07, 6.45) is 2.49. The third kappa shape index (κ3) is 3.99. The number of ether oxygens (including phenoxy) is 1. The Kier molecular flexibility index (Phi) is 4.90. The summed E-state index contributed by atoms with van der Waals surface area (Å²) in [6, 6.07) is 9.43. The maximum atomic E-state index is 12.1. The summed E-state index contributed by atoms with van der Waals surface area (Å²) in [7, 11) is 3.90. The van der Waals surface area contributed by atoms with E-state index in [9.17, 15) is 4.79 Å². The summed E-state index contributed by atoms with van der Waals surface area (Å²) < 4.78 is 5.24. The topological polar surface area (TPSA) is 79.4 Å². The van der Waals surface area contributed by atoms with E-state index in [2.05, 4.69) is 20.8 Å². The molecule has 1 fully saturated rings. The average Bonchev–Trinajstić information content (AvgIpc) is 3.11. The number of hydrogen-bond donors (Lipinski definition) is 2. The highest BCUT2D eigenvalue weighted by atomic mass is 16.5. The molecule has 1 aliphatic rings. The zero-order valence-electron chi connectivity index (χ0n) is 13.8. The summed E-state index contributed by atoms with van der Waals surface area (Å²) in [5.41, 5.74) is 2.61. The molecule has 1 unspecified atom stereocenters. The molecule has 1 amide bonds. The van der Waals surface area contributed by atoms with Crippen LogP contribution in [-0.2, 0) is 9.53 Å². The van der Waals surface area contributed by atoms with Gasteiger partial charge in [0, 0.05) is 38.1 Å². The van der Waals surface area contributed by atoms with Gasteiger partial charge in [-0.2, -0.15) is 5.10 Å². The van der Waals surface area contributed by atoms with Crippen LogP contribution in [0.25, 0.3) is 0 Å². The summed E-state index contributed by atoms with van der Waals surface area (Å²) in [4.78, 5) is 14.0. The van der Waals surface area contributed by atoms with Crippen molar-refractivity contribution in [1.82, 2.24) is 10.2 Å². The van der Waals surface area contributed by atoms with E-state index < -0.39 is 0 Å². The molecule has 0 radical (unpaired) electrons. The number of aromatic nitrogens is 2. The zero-order valence-corrected chi connectivity index (χ0v) is 13.8. The largest absolute Gasteiger partial charge is 0.381 e. The minimum Gasteiger partial charge on any atom is -0.381 e. The second-order valence-electron chi connectivity index (χ2n) is 5.95. The number of hydrogen-bond acceptors (Lipinski definition) is 6. The monoisotopic (exact) mass is 327 g/mol. The predicted octanol–water partition coefficient (Wildman–Crippen LogP) is 2.26. The first kappa shape index (κ1) is 16.2. The van der Waals surface area contributed by atoms with Crippen LogP contribution >= 0.6 is 0 Å². The molecule has 1 aliphatic heterocycles. The molecule has 24 heavy (non-hydrogen) atoms. The van der Waals surface area contributed by atoms with Crippen molar-refractivity contribution in [3.8, 4) is 0 Å². The number of nitrogens with zero attached hydrogens (tertiary/aromatic N) is 3. The molecule has 1 aromatic heterocycles. The third-order valence-corrected chi connectivity index (χ3v) is 3.88. The van der Waals surface area contributed by atoms with E-state index in [0.29, 0.717) is 19.0 Å². The molecular formula is C17H21N5O2. The van der Waals surface area contributed by atoms with Crippen LogP contribution in [0.15, 0.2) is 36.5 Å². The van der Waals surface area contributed by atoms with E-state index in [1.165, 1.54) is 0 Å². The number of carbonyl (C=O) groups excluding carboxylic acids is 1. The Morgan fingerprint density at radius 2 is 2.00 bits per heavy atom. The van der Waals surface area contributed by atoms with Crippen molar-refractivity contribution in [3.63, 3.8) is 0 Å². The molecule has 1 saturated heterocycles. The highest BCUT2D eigenvalue weighted by molar-refractivity contribution is 5.93. The van der Waals surface area contributed by atoms with Crippen LogP contribution in [0, 0.1) is 5.92 Å². The lowest BCUT2D eigenvalue weighted by atomic mass is 10.1. The van der Waals surface area contributed by atoms with Crippen LogP contribution in [-0.4, -0.2) is 43.4 Å². The molecule has 0 saturated carbocycles. The Morgan fingerprint density at radius 3 is 2.67 bits per heavy atom. The fourth-order valence-electron chi connectivity index (χ4n) is 2.43. The number of benzene rings is 1. The molecule has 0 aliphatic carbocycles. The summed E-state index contributed by atoms with van der Waals surface area (Å²) >= 11 is 0. The van der Waals surface area contributed by atoms with E-state index in [1.807, 2.05) is 49.3 Å². The van der Waals surface area contributed by atoms with Crippen LogP contribution in [0.5, 0.6) is 0 Å². The van der Waals surface area contributed by atoms with E-state index in [-0.39, 0.29) is 11.8 Å². The second-order valence-corrected chi connectivity index (χ2v) is 5.95. The lowest BCUT2D eigenvalue weighted by molar-refractivity contribution is -0.119. The van der Waals surface area contributed by atoms with E-state index in [4.69, 9.17) is 4.74 Å². The van der Waals surface area contributed by atoms with Crippen molar-refractivity contribution in [2.75, 3.05) is 42.8 Å². The van der Waals surface area contributed by atoms with Gasteiger partial charge < -0.3 is 20.3 Å². The Morgan fingerprint density at radius 1 is 1.25 bits per heavy atom. The molecule has 2 aromatic rings. The van der Waals surface area contributed by atoms with Crippen molar-refractivity contribution in [2.24, 2.45) is 5.92 Å². The highest BCUT2D eigenvalue weighted by Crippen LogP contribution is 2.21. The first-order chi connectivity index (χ1) is 11.6. The van der Waals surface area contributed by atoms with Crippen molar-refractivity contribution < 1.29 is 9.53 Å². The fraction of sp³-hybridized carbons (Fsp3) is 0.353. The Balaban J connectivity index is 1.62. The maximum Gasteiger partial charge on any atom is 0.229 e. The van der Waals surface area contributed by atoms with Crippen LogP contribution in [0.2, 0.25) is 0 Å². The first-order valence-electron chi connectivity index (χ1n) is 7.87. The molecule has 7 nitrogen and oxygen atoms in total. The fourth-order valence-corrected chi connectivity index (χ4v) is 2.43. The van der Waals surface area contributed by atoms with Gasteiger partial charge in [-0.05, 0) is 30.7 Å². The molecule has 7 heteroatoms. The number of amides is 1. The van der Waals surface area contributed by atoms with Crippen molar-refractivity contribution in [3.05, 3.63) is 36.5 Å². The standard InChI is InChI=1S/C17H21N5O2/c1-22(2)15-9-16(21-18-10-15)19-13-3-5-14(6-4-13)20-17(23)12-7-8-24-11-12/h3-6,9-10,12H,7-8,11H2,1-2H3,(H,19,21)(H,20,23). The molecule has 1 aromatic carbocycles. The predicted molar refractivity (Wildman–Crippen MR) is 93.6 cm³/mol. The minimum absolute atomic E-state index is 0.0118. The van der Waals surface area contributed by atoms with E-state index in [0.717, 1.165) is 23.5 Å². The van der Waals surface area contributed by atoms with Gasteiger partial charge in [0.15, 0.2) is 5.82 Å². The van der Waals surface area contributed by atoms with Gasteiger partial charge in [0.25, 0.3) is 0 Å². The third-order valence-electron chi connectivity index (χ3n) is 3.88. The molecule has 2 heterocycles.